The minimum absolute atomic E-state index is 0.811. The molecule has 4 nitrogen and oxygen atoms in total. The van der Waals surface area contributed by atoms with Gasteiger partial charge in [0.1, 0.15) is 5.69 Å². The third-order valence-corrected chi connectivity index (χ3v) is 3.65. The quantitative estimate of drug-likeness (QED) is 0.579. The Morgan fingerprint density at radius 2 is 1.95 bits per heavy atom. The molecule has 0 fully saturated rings. The first-order valence-corrected chi connectivity index (χ1v) is 6.77. The lowest BCUT2D eigenvalue weighted by Crippen LogP contribution is -1.80. The molecule has 4 rings (SSSR count). The molecule has 0 amide bonds. The molecule has 0 unspecified atom stereocenters. The molecular weight excluding hydrogens is 248 g/mol. The molecule has 0 spiro atoms. The summed E-state index contributed by atoms with van der Waals surface area (Å²) < 4.78 is 0. The molecule has 0 aliphatic heterocycles. The van der Waals surface area contributed by atoms with E-state index in [-0.39, 0.29) is 0 Å². The van der Waals surface area contributed by atoms with Gasteiger partial charge in [-0.3, -0.25) is 5.10 Å². The van der Waals surface area contributed by atoms with Gasteiger partial charge in [0.15, 0.2) is 5.82 Å². The lowest BCUT2D eigenvalue weighted by atomic mass is 10.1. The van der Waals surface area contributed by atoms with E-state index in [0.717, 1.165) is 39.9 Å². The van der Waals surface area contributed by atoms with Crippen molar-refractivity contribution in [3.8, 4) is 11.5 Å². The number of fused-ring (bicyclic) bond motifs is 2. The van der Waals surface area contributed by atoms with Crippen LogP contribution >= 0.6 is 0 Å². The third-order valence-electron chi connectivity index (χ3n) is 3.65. The largest absolute Gasteiger partial charge is 0.337 e. The molecule has 0 saturated carbocycles. The topological polar surface area (TPSA) is 57.4 Å². The smallest absolute Gasteiger partial charge is 0.159 e. The van der Waals surface area contributed by atoms with Crippen LogP contribution < -0.4 is 0 Å². The van der Waals surface area contributed by atoms with Crippen LogP contribution in [0.5, 0.6) is 0 Å². The van der Waals surface area contributed by atoms with E-state index in [9.17, 15) is 0 Å². The molecule has 2 aromatic carbocycles. The first-order chi connectivity index (χ1) is 9.85. The zero-order valence-corrected chi connectivity index (χ0v) is 11.1. The number of benzene rings is 2. The van der Waals surface area contributed by atoms with Gasteiger partial charge in [0.05, 0.1) is 16.6 Å². The molecule has 0 radical (unpaired) electrons. The minimum Gasteiger partial charge on any atom is -0.337 e. The van der Waals surface area contributed by atoms with Gasteiger partial charge >= 0.3 is 0 Å². The van der Waals surface area contributed by atoms with Crippen LogP contribution in [0.3, 0.4) is 0 Å². The van der Waals surface area contributed by atoms with Crippen molar-refractivity contribution in [2.24, 2.45) is 0 Å². The van der Waals surface area contributed by atoms with E-state index >= 15 is 0 Å². The molecule has 0 saturated heterocycles. The van der Waals surface area contributed by atoms with E-state index < -0.39 is 0 Å². The standard InChI is InChI=1S/C16H14N4/c1-2-10-7-8-13-14(9-10)18-16(17-13)15-11-5-3-4-6-12(11)19-20-15/h3-9H,2H2,1H3,(H,17,18)(H,19,20). The van der Waals surface area contributed by atoms with Crippen molar-refractivity contribution < 1.29 is 0 Å². The maximum atomic E-state index is 4.64. The number of H-pyrrole nitrogens is 2. The number of aromatic nitrogens is 4. The number of aromatic amines is 2. The van der Waals surface area contributed by atoms with Crippen LogP contribution in [0.2, 0.25) is 0 Å². The van der Waals surface area contributed by atoms with Gasteiger partial charge < -0.3 is 4.98 Å². The number of nitrogens with one attached hydrogen (secondary N) is 2. The summed E-state index contributed by atoms with van der Waals surface area (Å²) in [6.45, 7) is 2.15. The number of aryl methyl sites for hydroxylation is 1. The summed E-state index contributed by atoms with van der Waals surface area (Å²) in [6, 6.07) is 14.4. The molecular formula is C16H14N4. The Morgan fingerprint density at radius 3 is 2.85 bits per heavy atom. The second-order valence-corrected chi connectivity index (χ2v) is 4.91. The molecule has 2 heterocycles. The summed E-state index contributed by atoms with van der Waals surface area (Å²) in [6.07, 6.45) is 1.02. The van der Waals surface area contributed by atoms with Gasteiger partial charge in [-0.05, 0) is 30.2 Å². The van der Waals surface area contributed by atoms with Crippen LogP contribution in [0, 0.1) is 0 Å². The fourth-order valence-corrected chi connectivity index (χ4v) is 2.53. The average Bonchev–Trinajstić information content (AvgIpc) is 3.09. The highest BCUT2D eigenvalue weighted by molar-refractivity contribution is 5.92. The van der Waals surface area contributed by atoms with Crippen LogP contribution in [0.15, 0.2) is 42.5 Å². The number of nitrogens with zero attached hydrogens (tertiary/aromatic N) is 2. The summed E-state index contributed by atoms with van der Waals surface area (Å²) >= 11 is 0. The number of hydrogen-bond donors (Lipinski definition) is 2. The molecule has 0 aliphatic carbocycles. The Labute approximate surface area is 115 Å². The molecule has 2 N–H and O–H groups in total. The van der Waals surface area contributed by atoms with Gasteiger partial charge in [0, 0.05) is 5.39 Å². The molecule has 4 heteroatoms. The van der Waals surface area contributed by atoms with Crippen molar-refractivity contribution >= 4 is 21.9 Å². The molecule has 0 atom stereocenters. The number of hydrogen-bond acceptors (Lipinski definition) is 2. The monoisotopic (exact) mass is 262 g/mol. The average molecular weight is 262 g/mol. The van der Waals surface area contributed by atoms with E-state index in [4.69, 9.17) is 0 Å². The van der Waals surface area contributed by atoms with Gasteiger partial charge in [-0.1, -0.05) is 31.2 Å². The Hall–Kier alpha value is -2.62. The second kappa shape index (κ2) is 4.20. The van der Waals surface area contributed by atoms with Crippen molar-refractivity contribution in [3.05, 3.63) is 48.0 Å². The molecule has 0 aliphatic rings. The molecule has 0 bridgehead atoms. The maximum absolute atomic E-state index is 4.64. The highest BCUT2D eigenvalue weighted by Gasteiger charge is 2.12. The van der Waals surface area contributed by atoms with E-state index in [0.29, 0.717) is 0 Å². The number of para-hydroxylation sites is 1. The van der Waals surface area contributed by atoms with Crippen LogP contribution in [-0.2, 0) is 6.42 Å². The van der Waals surface area contributed by atoms with Crippen molar-refractivity contribution in [2.45, 2.75) is 13.3 Å². The number of imidazole rings is 1. The Balaban J connectivity index is 1.93. The predicted molar refractivity (Wildman–Crippen MR) is 80.6 cm³/mol. The van der Waals surface area contributed by atoms with Gasteiger partial charge in [-0.15, -0.1) is 0 Å². The van der Waals surface area contributed by atoms with E-state index in [1.165, 1.54) is 5.56 Å². The van der Waals surface area contributed by atoms with Crippen LogP contribution in [0.1, 0.15) is 12.5 Å². The summed E-state index contributed by atoms with van der Waals surface area (Å²) in [5, 5.41) is 8.51. The van der Waals surface area contributed by atoms with Crippen molar-refractivity contribution in [1.82, 2.24) is 20.2 Å². The van der Waals surface area contributed by atoms with Crippen LogP contribution in [0.25, 0.3) is 33.5 Å². The summed E-state index contributed by atoms with van der Waals surface area (Å²) in [4.78, 5) is 8.01. The third kappa shape index (κ3) is 1.61. The summed E-state index contributed by atoms with van der Waals surface area (Å²) in [5.74, 6) is 0.811. The van der Waals surface area contributed by atoms with E-state index in [1.54, 1.807) is 0 Å². The van der Waals surface area contributed by atoms with Crippen LogP contribution in [-0.4, -0.2) is 20.2 Å². The zero-order valence-electron chi connectivity index (χ0n) is 11.1. The van der Waals surface area contributed by atoms with Gasteiger partial charge in [-0.2, -0.15) is 5.10 Å². The summed E-state index contributed by atoms with van der Waals surface area (Å²) in [5.41, 5.74) is 5.24. The molecule has 98 valence electrons. The molecule has 2 aromatic heterocycles. The fraction of sp³-hybridized carbons (Fsp3) is 0.125. The van der Waals surface area contributed by atoms with Gasteiger partial charge in [-0.25, -0.2) is 4.98 Å². The Bertz CT molecular complexity index is 901. The van der Waals surface area contributed by atoms with E-state index in [2.05, 4.69) is 51.4 Å². The minimum atomic E-state index is 0.811. The van der Waals surface area contributed by atoms with Crippen molar-refractivity contribution in [2.75, 3.05) is 0 Å². The van der Waals surface area contributed by atoms with Gasteiger partial charge in [0.25, 0.3) is 0 Å². The zero-order chi connectivity index (χ0) is 13.5. The Morgan fingerprint density at radius 1 is 1.05 bits per heavy atom. The normalized spacial score (nSPS) is 11.4. The lowest BCUT2D eigenvalue weighted by Gasteiger charge is -1.94. The first kappa shape index (κ1) is 11.2. The van der Waals surface area contributed by atoms with Crippen molar-refractivity contribution in [1.29, 1.82) is 0 Å². The SMILES string of the molecule is CCc1ccc2nc(-c3n[nH]c4ccccc34)[nH]c2c1. The van der Waals surface area contributed by atoms with Crippen LogP contribution in [0.4, 0.5) is 0 Å². The first-order valence-electron chi connectivity index (χ1n) is 6.77. The molecule has 4 aromatic rings. The summed E-state index contributed by atoms with van der Waals surface area (Å²) in [7, 11) is 0. The fourth-order valence-electron chi connectivity index (χ4n) is 2.53. The maximum Gasteiger partial charge on any atom is 0.159 e. The van der Waals surface area contributed by atoms with E-state index in [1.807, 2.05) is 18.2 Å². The molecule has 20 heavy (non-hydrogen) atoms. The lowest BCUT2D eigenvalue weighted by molar-refractivity contribution is 1.10. The highest BCUT2D eigenvalue weighted by Crippen LogP contribution is 2.26. The highest BCUT2D eigenvalue weighted by atomic mass is 15.1. The van der Waals surface area contributed by atoms with Crippen molar-refractivity contribution in [3.63, 3.8) is 0 Å². The second-order valence-electron chi connectivity index (χ2n) is 4.91. The van der Waals surface area contributed by atoms with Gasteiger partial charge in [0.2, 0.25) is 0 Å². The Kier molecular flexibility index (Phi) is 2.36. The number of rotatable bonds is 2. The predicted octanol–water partition coefficient (Wildman–Crippen LogP) is 3.67.